The Hall–Kier alpha value is -1.66. The smallest absolute Gasteiger partial charge is 0.263 e. The molecule has 2 aromatic heterocycles. The number of fused-ring (bicyclic) bond motifs is 1. The summed E-state index contributed by atoms with van der Waals surface area (Å²) in [6.07, 6.45) is 5.18. The summed E-state index contributed by atoms with van der Waals surface area (Å²) in [6, 6.07) is 4.55. The van der Waals surface area contributed by atoms with Crippen molar-refractivity contribution in [3.8, 4) is 0 Å². The standard InChI is InChI=1S/C17H22N4OS/c1-19-16(22)15-14(18)11-6-7-12(20-17(11)23-15)13-3-2-8-21(13)9-10-4-5-10/h6-7,10,13H,2-5,8-9,18H2,1H3,(H,19,22)/t13-/m1/s1. The van der Waals surface area contributed by atoms with Gasteiger partial charge in [0.2, 0.25) is 0 Å². The minimum atomic E-state index is -0.136. The highest BCUT2D eigenvalue weighted by molar-refractivity contribution is 7.21. The van der Waals surface area contributed by atoms with Crippen molar-refractivity contribution >= 4 is 33.1 Å². The number of carbonyl (C=O) groups is 1. The number of amides is 1. The summed E-state index contributed by atoms with van der Waals surface area (Å²) in [4.78, 5) is 20.8. The van der Waals surface area contributed by atoms with Gasteiger partial charge in [-0.15, -0.1) is 11.3 Å². The van der Waals surface area contributed by atoms with E-state index in [-0.39, 0.29) is 5.91 Å². The normalized spacial score (nSPS) is 21.9. The molecule has 3 heterocycles. The van der Waals surface area contributed by atoms with Crippen molar-refractivity contribution in [2.24, 2.45) is 5.92 Å². The molecule has 4 rings (SSSR count). The zero-order chi connectivity index (χ0) is 16.0. The molecule has 0 aromatic carbocycles. The highest BCUT2D eigenvalue weighted by Gasteiger charge is 2.32. The van der Waals surface area contributed by atoms with Crippen LogP contribution in [0.5, 0.6) is 0 Å². The molecule has 2 aromatic rings. The monoisotopic (exact) mass is 330 g/mol. The van der Waals surface area contributed by atoms with Gasteiger partial charge in [-0.1, -0.05) is 0 Å². The fraction of sp³-hybridized carbons (Fsp3) is 0.529. The molecule has 2 aliphatic rings. The number of hydrogen-bond acceptors (Lipinski definition) is 5. The van der Waals surface area contributed by atoms with Gasteiger partial charge in [0.05, 0.1) is 17.4 Å². The van der Waals surface area contributed by atoms with Gasteiger partial charge in [-0.05, 0) is 50.3 Å². The van der Waals surface area contributed by atoms with Gasteiger partial charge in [0.15, 0.2) is 0 Å². The molecule has 1 aliphatic heterocycles. The number of rotatable bonds is 4. The van der Waals surface area contributed by atoms with E-state index in [1.807, 2.05) is 6.07 Å². The lowest BCUT2D eigenvalue weighted by molar-refractivity contribution is 0.0968. The molecule has 3 N–H and O–H groups in total. The highest BCUT2D eigenvalue weighted by Crippen LogP contribution is 2.39. The van der Waals surface area contributed by atoms with Crippen molar-refractivity contribution in [2.45, 2.75) is 31.7 Å². The van der Waals surface area contributed by atoms with Crippen LogP contribution in [0.2, 0.25) is 0 Å². The number of nitrogen functional groups attached to an aromatic ring is 1. The zero-order valence-corrected chi connectivity index (χ0v) is 14.2. The lowest BCUT2D eigenvalue weighted by Gasteiger charge is -2.23. The van der Waals surface area contributed by atoms with Crippen molar-refractivity contribution < 1.29 is 4.79 Å². The average Bonchev–Trinajstić information content (AvgIpc) is 3.15. The van der Waals surface area contributed by atoms with Crippen LogP contribution >= 0.6 is 11.3 Å². The quantitative estimate of drug-likeness (QED) is 0.904. The number of carbonyl (C=O) groups excluding carboxylic acids is 1. The largest absolute Gasteiger partial charge is 0.397 e. The fourth-order valence-electron chi connectivity index (χ4n) is 3.49. The molecule has 6 heteroatoms. The molecule has 1 saturated heterocycles. The topological polar surface area (TPSA) is 71.2 Å². The zero-order valence-electron chi connectivity index (χ0n) is 13.3. The molecular weight excluding hydrogens is 308 g/mol. The van der Waals surface area contributed by atoms with E-state index in [0.717, 1.165) is 21.8 Å². The van der Waals surface area contributed by atoms with E-state index in [2.05, 4.69) is 16.3 Å². The number of pyridine rings is 1. The first-order valence-corrected chi connectivity index (χ1v) is 9.14. The molecule has 0 spiro atoms. The van der Waals surface area contributed by atoms with Crippen LogP contribution in [-0.4, -0.2) is 35.9 Å². The van der Waals surface area contributed by atoms with Crippen molar-refractivity contribution in [3.05, 3.63) is 22.7 Å². The van der Waals surface area contributed by atoms with E-state index in [4.69, 9.17) is 10.7 Å². The number of anilines is 1. The maximum Gasteiger partial charge on any atom is 0.263 e. The van der Waals surface area contributed by atoms with Gasteiger partial charge in [0, 0.05) is 19.0 Å². The summed E-state index contributed by atoms with van der Waals surface area (Å²) < 4.78 is 0. The van der Waals surface area contributed by atoms with Gasteiger partial charge in [-0.3, -0.25) is 9.69 Å². The minimum Gasteiger partial charge on any atom is -0.397 e. The number of nitrogens with zero attached hydrogens (tertiary/aromatic N) is 2. The summed E-state index contributed by atoms with van der Waals surface area (Å²) in [7, 11) is 1.62. The van der Waals surface area contributed by atoms with Crippen molar-refractivity contribution in [1.29, 1.82) is 0 Å². The van der Waals surface area contributed by atoms with Gasteiger partial charge >= 0.3 is 0 Å². The third kappa shape index (κ3) is 2.70. The van der Waals surface area contributed by atoms with Crippen LogP contribution in [0.1, 0.15) is 47.1 Å². The average molecular weight is 330 g/mol. The predicted octanol–water partition coefficient (Wildman–Crippen LogP) is 2.79. The fourth-order valence-corrected chi connectivity index (χ4v) is 4.54. The maximum absolute atomic E-state index is 11.9. The molecular formula is C17H22N4OS. The van der Waals surface area contributed by atoms with Crippen LogP contribution in [0.3, 0.4) is 0 Å². The Labute approximate surface area is 139 Å². The summed E-state index contributed by atoms with van der Waals surface area (Å²) in [5, 5.41) is 3.54. The lowest BCUT2D eigenvalue weighted by atomic mass is 10.1. The summed E-state index contributed by atoms with van der Waals surface area (Å²) in [6.45, 7) is 2.39. The SMILES string of the molecule is CNC(=O)c1sc2nc([C@H]3CCCN3CC3CC3)ccc2c1N. The summed E-state index contributed by atoms with van der Waals surface area (Å²) >= 11 is 1.39. The molecule has 1 aliphatic carbocycles. The molecule has 5 nitrogen and oxygen atoms in total. The molecule has 23 heavy (non-hydrogen) atoms. The molecule has 1 saturated carbocycles. The van der Waals surface area contributed by atoms with E-state index in [9.17, 15) is 4.79 Å². The van der Waals surface area contributed by atoms with Gasteiger partial charge < -0.3 is 11.1 Å². The van der Waals surface area contributed by atoms with Crippen LogP contribution in [-0.2, 0) is 0 Å². The van der Waals surface area contributed by atoms with Gasteiger partial charge in [0.1, 0.15) is 9.71 Å². The minimum absolute atomic E-state index is 0.136. The maximum atomic E-state index is 11.9. The van der Waals surface area contributed by atoms with Crippen LogP contribution in [0.4, 0.5) is 5.69 Å². The Morgan fingerprint density at radius 1 is 1.43 bits per heavy atom. The number of thiophene rings is 1. The summed E-state index contributed by atoms with van der Waals surface area (Å²) in [5.41, 5.74) is 7.79. The Morgan fingerprint density at radius 3 is 3.00 bits per heavy atom. The number of hydrogen-bond donors (Lipinski definition) is 2. The lowest BCUT2D eigenvalue weighted by Crippen LogP contribution is -2.26. The van der Waals surface area contributed by atoms with E-state index >= 15 is 0 Å². The number of aromatic nitrogens is 1. The first-order chi connectivity index (χ1) is 11.2. The van der Waals surface area contributed by atoms with E-state index in [1.54, 1.807) is 7.05 Å². The molecule has 0 radical (unpaired) electrons. The summed E-state index contributed by atoms with van der Waals surface area (Å²) in [5.74, 6) is 0.764. The van der Waals surface area contributed by atoms with Crippen LogP contribution < -0.4 is 11.1 Å². The third-order valence-corrected chi connectivity index (χ3v) is 6.06. The van der Waals surface area contributed by atoms with Gasteiger partial charge in [-0.2, -0.15) is 0 Å². The molecule has 1 atom stereocenters. The van der Waals surface area contributed by atoms with E-state index < -0.39 is 0 Å². The van der Waals surface area contributed by atoms with Crippen LogP contribution in [0, 0.1) is 5.92 Å². The first-order valence-electron chi connectivity index (χ1n) is 8.32. The molecule has 2 fully saturated rings. The van der Waals surface area contributed by atoms with Crippen LogP contribution in [0.25, 0.3) is 10.2 Å². The van der Waals surface area contributed by atoms with Gasteiger partial charge in [0.25, 0.3) is 5.91 Å². The molecule has 0 bridgehead atoms. The third-order valence-electron chi connectivity index (χ3n) is 4.94. The van der Waals surface area contributed by atoms with Crippen molar-refractivity contribution in [1.82, 2.24) is 15.2 Å². The predicted molar refractivity (Wildman–Crippen MR) is 93.7 cm³/mol. The molecule has 1 amide bonds. The second-order valence-corrected chi connectivity index (χ2v) is 7.61. The second-order valence-electron chi connectivity index (χ2n) is 6.61. The Morgan fingerprint density at radius 2 is 2.26 bits per heavy atom. The van der Waals surface area contributed by atoms with E-state index in [1.165, 1.54) is 50.1 Å². The Balaban J connectivity index is 1.66. The number of likely N-dealkylation sites (tertiary alicyclic amines) is 1. The van der Waals surface area contributed by atoms with E-state index in [0.29, 0.717) is 16.6 Å². The number of nitrogens with one attached hydrogen (secondary N) is 1. The second kappa shape index (κ2) is 5.76. The highest BCUT2D eigenvalue weighted by atomic mass is 32.1. The van der Waals surface area contributed by atoms with Crippen LogP contribution in [0.15, 0.2) is 12.1 Å². The Bertz CT molecular complexity index is 752. The van der Waals surface area contributed by atoms with Crippen molar-refractivity contribution in [2.75, 3.05) is 25.9 Å². The molecule has 0 unspecified atom stereocenters. The Kier molecular flexibility index (Phi) is 3.73. The number of nitrogens with two attached hydrogens (primary N) is 1. The molecule has 122 valence electrons. The van der Waals surface area contributed by atoms with Crippen molar-refractivity contribution in [3.63, 3.8) is 0 Å². The first kappa shape index (κ1) is 14.9. The van der Waals surface area contributed by atoms with Gasteiger partial charge in [-0.25, -0.2) is 4.98 Å².